The maximum Gasteiger partial charge on any atom is 0.512 e. The molecule has 0 radical (unpaired) electrons. The third-order valence-corrected chi connectivity index (χ3v) is 8.67. The predicted molar refractivity (Wildman–Crippen MR) is 124 cm³/mol. The third-order valence-electron chi connectivity index (χ3n) is 5.43. The molecule has 0 aliphatic carbocycles. The molecule has 13 nitrogen and oxygen atoms in total. The summed E-state index contributed by atoms with van der Waals surface area (Å²) in [5, 5.41) is 0.0802. The van der Waals surface area contributed by atoms with Crippen molar-refractivity contribution in [3.05, 3.63) is 30.3 Å². The third kappa shape index (κ3) is 5.50. The highest BCUT2D eigenvalue weighted by molar-refractivity contribution is 7.94. The van der Waals surface area contributed by atoms with Crippen LogP contribution in [-0.4, -0.2) is 81.4 Å². The molecule has 2 fully saturated rings. The van der Waals surface area contributed by atoms with Gasteiger partial charge in [0.05, 0.1) is 5.41 Å². The van der Waals surface area contributed by atoms with E-state index in [1.54, 1.807) is 11.4 Å². The smallest absolute Gasteiger partial charge is 0.512 e. The van der Waals surface area contributed by atoms with Gasteiger partial charge in [0.2, 0.25) is 24.2 Å². The van der Waals surface area contributed by atoms with E-state index in [9.17, 15) is 45.3 Å². The maximum absolute atomic E-state index is 13.7. The Hall–Kier alpha value is -3.09. The molecule has 0 spiro atoms. The molecule has 2 saturated heterocycles. The average Bonchev–Trinajstić information content (AvgIpc) is 2.81. The first-order valence-corrected chi connectivity index (χ1v) is 13.8. The van der Waals surface area contributed by atoms with Gasteiger partial charge < -0.3 is 24.1 Å². The summed E-state index contributed by atoms with van der Waals surface area (Å²) in [7, 11) is -6.54. The fourth-order valence-corrected chi connectivity index (χ4v) is 6.82. The van der Waals surface area contributed by atoms with Gasteiger partial charge in [-0.15, -0.1) is 0 Å². The number of β-lactam (4-membered cyclic amide) rings is 1. The number of nitrogens with zero attached hydrogens (tertiary/aromatic N) is 2. The molecule has 0 aromatic heterocycles. The molecule has 216 valence electrons. The van der Waals surface area contributed by atoms with Crippen LogP contribution in [0.4, 0.5) is 13.2 Å². The van der Waals surface area contributed by atoms with Crippen molar-refractivity contribution in [1.29, 1.82) is 0 Å². The molecule has 2 amide bonds. The highest BCUT2D eigenvalue weighted by Gasteiger charge is 2.77. The number of fused-ring (bicyclic) bond motifs is 1. The Balaban J connectivity index is 2.08. The quantitative estimate of drug-likeness (QED) is 0.200. The van der Waals surface area contributed by atoms with E-state index >= 15 is 0 Å². The van der Waals surface area contributed by atoms with Crippen LogP contribution in [0.1, 0.15) is 27.7 Å². The molecule has 18 heteroatoms. The number of alkyl halides is 3. The Kier molecular flexibility index (Phi) is 8.18. The lowest BCUT2D eigenvalue weighted by molar-refractivity contribution is -0.210. The topological polar surface area (TPSA) is 172 Å². The highest BCUT2D eigenvalue weighted by Crippen LogP contribution is 2.45. The number of benzene rings is 1. The van der Waals surface area contributed by atoms with Crippen LogP contribution in [0.25, 0.3) is 0 Å². The fraction of sp³-hybridized carbons (Fsp3) is 0.524. The van der Waals surface area contributed by atoms with Crippen molar-refractivity contribution in [3.63, 3.8) is 0 Å². The van der Waals surface area contributed by atoms with Crippen LogP contribution in [0, 0.1) is 5.41 Å². The standard InChI is InChI=1S/C21H24F3N3O10S2/c1-12(28)25-20(18(31)36-11-35-17(30)19(2,3)4)26(39(33,34)21(22,23)24)10-38(32)16-14(15(29)27(16)20)37-13-8-6-5-7-9-13/h5-9,14,16H,10-11H2,1-4H3,(H,25,28). The molecule has 0 saturated carbocycles. The normalized spacial score (nSPS) is 25.7. The molecule has 2 aliphatic heterocycles. The first kappa shape index (κ1) is 30.5. The molecule has 4 atom stereocenters. The number of sulfonamides is 1. The van der Waals surface area contributed by atoms with Crippen LogP contribution < -0.4 is 10.1 Å². The molecule has 0 bridgehead atoms. The number of amides is 2. The molecule has 1 aromatic rings. The number of ether oxygens (including phenoxy) is 3. The number of carbonyl (C=O) groups excluding carboxylic acids is 4. The molecular formula is C21H24F3N3O10S2. The zero-order chi connectivity index (χ0) is 29.6. The van der Waals surface area contributed by atoms with Crippen molar-refractivity contribution in [2.45, 2.75) is 50.5 Å². The van der Waals surface area contributed by atoms with Gasteiger partial charge in [-0.25, -0.2) is 18.1 Å². The van der Waals surface area contributed by atoms with E-state index in [1.807, 2.05) is 0 Å². The van der Waals surface area contributed by atoms with E-state index in [4.69, 9.17) is 14.2 Å². The monoisotopic (exact) mass is 599 g/mol. The van der Waals surface area contributed by atoms with E-state index in [1.165, 1.54) is 45.0 Å². The van der Waals surface area contributed by atoms with Gasteiger partial charge in [-0.05, 0) is 44.1 Å². The maximum atomic E-state index is 13.7. The van der Waals surface area contributed by atoms with E-state index < -0.39 is 90.1 Å². The summed E-state index contributed by atoms with van der Waals surface area (Å²) in [6.07, 6.45) is -1.62. The van der Waals surface area contributed by atoms with Crippen molar-refractivity contribution in [2.75, 3.05) is 12.7 Å². The van der Waals surface area contributed by atoms with Gasteiger partial charge in [0.1, 0.15) is 5.75 Å². The minimum absolute atomic E-state index is 0.0969. The van der Waals surface area contributed by atoms with E-state index in [0.717, 1.165) is 6.92 Å². The average molecular weight is 600 g/mol. The van der Waals surface area contributed by atoms with Crippen LogP contribution in [-0.2, 0) is 49.9 Å². The van der Waals surface area contributed by atoms with Crippen LogP contribution in [0.5, 0.6) is 5.75 Å². The highest BCUT2D eigenvalue weighted by atomic mass is 32.2. The summed E-state index contributed by atoms with van der Waals surface area (Å²) >= 11 is -2.58. The summed E-state index contributed by atoms with van der Waals surface area (Å²) in [6, 6.07) is 7.51. The molecule has 2 aliphatic rings. The molecular weight excluding hydrogens is 575 g/mol. The fourth-order valence-electron chi connectivity index (χ4n) is 3.64. The van der Waals surface area contributed by atoms with Crippen molar-refractivity contribution in [1.82, 2.24) is 14.5 Å². The number of rotatable bonds is 7. The first-order valence-electron chi connectivity index (χ1n) is 11.0. The van der Waals surface area contributed by atoms with Gasteiger partial charge in [-0.1, -0.05) is 22.5 Å². The number of hydrogen-bond donors (Lipinski definition) is 1. The van der Waals surface area contributed by atoms with Crippen molar-refractivity contribution in [2.24, 2.45) is 5.41 Å². The van der Waals surface area contributed by atoms with Gasteiger partial charge in [0.25, 0.3) is 11.7 Å². The number of nitrogens with one attached hydrogen (secondary N) is 1. The van der Waals surface area contributed by atoms with Gasteiger partial charge in [-0.3, -0.25) is 14.4 Å². The molecule has 39 heavy (non-hydrogen) atoms. The van der Waals surface area contributed by atoms with Crippen LogP contribution >= 0.6 is 0 Å². The number of halogens is 3. The Bertz CT molecular complexity index is 1260. The molecule has 1 aromatic carbocycles. The van der Waals surface area contributed by atoms with Gasteiger partial charge in [0, 0.05) is 6.92 Å². The summed E-state index contributed by atoms with van der Waals surface area (Å²) in [6.45, 7) is 3.85. The van der Waals surface area contributed by atoms with E-state index in [-0.39, 0.29) is 10.6 Å². The lowest BCUT2D eigenvalue weighted by atomic mass is 9.98. The van der Waals surface area contributed by atoms with Crippen molar-refractivity contribution >= 4 is 45.0 Å². The first-order chi connectivity index (χ1) is 17.9. The number of para-hydroxylation sites is 1. The number of hydrogen-bond acceptors (Lipinski definition) is 10. The summed E-state index contributed by atoms with van der Waals surface area (Å²) < 4.78 is 93.7. The van der Waals surface area contributed by atoms with Crippen LogP contribution in [0.15, 0.2) is 30.3 Å². The minimum atomic E-state index is -6.54. The Morgan fingerprint density at radius 1 is 1.15 bits per heavy atom. The molecule has 1 N–H and O–H groups in total. The SMILES string of the molecule is CC(=O)NC1(C(=O)OCOC(=O)C(C)(C)C)N2C(=O)C(Oc3ccccc3)C2[S+]([O-])CN1S(=O)(=O)C(F)(F)F. The lowest BCUT2D eigenvalue weighted by Crippen LogP contribution is -2.90. The van der Waals surface area contributed by atoms with Gasteiger partial charge in [-0.2, -0.15) is 13.2 Å². The Morgan fingerprint density at radius 3 is 2.26 bits per heavy atom. The van der Waals surface area contributed by atoms with Crippen LogP contribution in [0.2, 0.25) is 0 Å². The second-order valence-corrected chi connectivity index (χ2v) is 12.7. The number of esters is 2. The zero-order valence-electron chi connectivity index (χ0n) is 20.9. The van der Waals surface area contributed by atoms with Crippen molar-refractivity contribution < 1.29 is 59.5 Å². The second-order valence-electron chi connectivity index (χ2n) is 9.34. The predicted octanol–water partition coefficient (Wildman–Crippen LogP) is 0.354. The molecule has 4 unspecified atom stereocenters. The van der Waals surface area contributed by atoms with Crippen LogP contribution in [0.3, 0.4) is 0 Å². The van der Waals surface area contributed by atoms with Gasteiger partial charge >= 0.3 is 27.5 Å². The van der Waals surface area contributed by atoms with E-state index in [2.05, 4.69) is 0 Å². The summed E-state index contributed by atoms with van der Waals surface area (Å²) in [5.41, 5.74) is -7.14. The Morgan fingerprint density at radius 2 is 1.74 bits per heavy atom. The lowest BCUT2D eigenvalue weighted by Gasteiger charge is -2.58. The zero-order valence-corrected chi connectivity index (χ0v) is 22.5. The largest absolute Gasteiger partial charge is 0.614 e. The Labute approximate surface area is 223 Å². The summed E-state index contributed by atoms with van der Waals surface area (Å²) in [5.74, 6) is -10.2. The second kappa shape index (κ2) is 10.5. The van der Waals surface area contributed by atoms with Gasteiger partial charge in [0.15, 0.2) is 5.88 Å². The minimum Gasteiger partial charge on any atom is -0.614 e. The summed E-state index contributed by atoms with van der Waals surface area (Å²) in [4.78, 5) is 50.9. The molecule has 3 rings (SSSR count). The number of carbonyl (C=O) groups is 4. The molecule has 2 heterocycles. The van der Waals surface area contributed by atoms with Crippen molar-refractivity contribution in [3.8, 4) is 5.75 Å². The van der Waals surface area contributed by atoms with E-state index in [0.29, 0.717) is 0 Å².